The summed E-state index contributed by atoms with van der Waals surface area (Å²) in [6.45, 7) is 8.50. The molecule has 1 aromatic heterocycles. The number of aryl methyl sites for hydroxylation is 2. The lowest BCUT2D eigenvalue weighted by molar-refractivity contribution is 0.849. The fourth-order valence-corrected chi connectivity index (χ4v) is 2.41. The third kappa shape index (κ3) is 1.48. The molecule has 0 saturated carbocycles. The molecule has 1 heterocycles. The van der Waals surface area contributed by atoms with Crippen molar-refractivity contribution in [2.45, 2.75) is 33.6 Å². The van der Waals surface area contributed by atoms with Crippen LogP contribution in [0.25, 0.3) is 11.0 Å². The molecule has 0 amide bonds. The molecule has 0 aliphatic heterocycles. The van der Waals surface area contributed by atoms with E-state index in [9.17, 15) is 4.79 Å². The van der Waals surface area contributed by atoms with Gasteiger partial charge in [0.1, 0.15) is 0 Å². The van der Waals surface area contributed by atoms with Crippen LogP contribution >= 0.6 is 0 Å². The number of hydrogen-bond acceptors (Lipinski definition) is 1. The standard InChI is InChI=1S/C12H16N2O/c1-6(2)10-7(3)5-9-11(8(10)4)14-12(15)13-9/h5-6H,1-4H3,(H2,13,14,15). The molecule has 0 fully saturated rings. The zero-order chi connectivity index (χ0) is 11.2. The van der Waals surface area contributed by atoms with Crippen molar-refractivity contribution in [3.05, 3.63) is 33.2 Å². The summed E-state index contributed by atoms with van der Waals surface area (Å²) in [6, 6.07) is 2.04. The highest BCUT2D eigenvalue weighted by molar-refractivity contribution is 5.80. The Labute approximate surface area is 88.5 Å². The van der Waals surface area contributed by atoms with Crippen LogP contribution in [0.3, 0.4) is 0 Å². The maximum Gasteiger partial charge on any atom is 0.323 e. The Morgan fingerprint density at radius 2 is 1.87 bits per heavy atom. The number of H-pyrrole nitrogens is 2. The summed E-state index contributed by atoms with van der Waals surface area (Å²) in [5.41, 5.74) is 5.46. The van der Waals surface area contributed by atoms with E-state index in [0.29, 0.717) is 5.92 Å². The summed E-state index contributed by atoms with van der Waals surface area (Å²) >= 11 is 0. The van der Waals surface area contributed by atoms with Gasteiger partial charge in [-0.25, -0.2) is 4.79 Å². The first-order valence-corrected chi connectivity index (χ1v) is 5.22. The van der Waals surface area contributed by atoms with Gasteiger partial charge in [-0.3, -0.25) is 0 Å². The van der Waals surface area contributed by atoms with Gasteiger partial charge in [0, 0.05) is 0 Å². The molecular formula is C12H16N2O. The Balaban J connectivity index is 2.89. The van der Waals surface area contributed by atoms with E-state index < -0.39 is 0 Å². The van der Waals surface area contributed by atoms with E-state index in [1.54, 1.807) is 0 Å². The van der Waals surface area contributed by atoms with Gasteiger partial charge in [-0.1, -0.05) is 13.8 Å². The predicted molar refractivity (Wildman–Crippen MR) is 62.5 cm³/mol. The van der Waals surface area contributed by atoms with E-state index in [0.717, 1.165) is 11.0 Å². The SMILES string of the molecule is Cc1cc2[nH]c(=O)[nH]c2c(C)c1C(C)C. The van der Waals surface area contributed by atoms with Gasteiger partial charge >= 0.3 is 5.69 Å². The van der Waals surface area contributed by atoms with Gasteiger partial charge < -0.3 is 9.97 Å². The lowest BCUT2D eigenvalue weighted by atomic mass is 9.92. The summed E-state index contributed by atoms with van der Waals surface area (Å²) < 4.78 is 0. The van der Waals surface area contributed by atoms with E-state index >= 15 is 0 Å². The molecular weight excluding hydrogens is 188 g/mol. The number of aromatic nitrogens is 2. The van der Waals surface area contributed by atoms with Gasteiger partial charge in [-0.15, -0.1) is 0 Å². The van der Waals surface area contributed by atoms with Gasteiger partial charge in [0.15, 0.2) is 0 Å². The largest absolute Gasteiger partial charge is 0.323 e. The number of imidazole rings is 1. The van der Waals surface area contributed by atoms with E-state index in [1.165, 1.54) is 16.7 Å². The van der Waals surface area contributed by atoms with Crippen LogP contribution in [0.2, 0.25) is 0 Å². The fraction of sp³-hybridized carbons (Fsp3) is 0.417. The van der Waals surface area contributed by atoms with Gasteiger partial charge in [0.2, 0.25) is 0 Å². The third-order valence-electron chi connectivity index (χ3n) is 2.90. The molecule has 0 aliphatic carbocycles. The Kier molecular flexibility index (Phi) is 2.18. The smallest absolute Gasteiger partial charge is 0.306 e. The van der Waals surface area contributed by atoms with Crippen LogP contribution in [-0.2, 0) is 0 Å². The molecule has 0 radical (unpaired) electrons. The molecule has 3 nitrogen and oxygen atoms in total. The van der Waals surface area contributed by atoms with Crippen LogP contribution in [0.4, 0.5) is 0 Å². The van der Waals surface area contributed by atoms with Gasteiger partial charge in [-0.2, -0.15) is 0 Å². The zero-order valence-corrected chi connectivity index (χ0v) is 9.56. The third-order valence-corrected chi connectivity index (χ3v) is 2.90. The summed E-state index contributed by atoms with van der Waals surface area (Å²) in [5.74, 6) is 0.479. The van der Waals surface area contributed by atoms with E-state index in [2.05, 4.69) is 37.7 Å². The van der Waals surface area contributed by atoms with E-state index in [4.69, 9.17) is 0 Å². The van der Waals surface area contributed by atoms with E-state index in [-0.39, 0.29) is 5.69 Å². The topological polar surface area (TPSA) is 48.6 Å². The summed E-state index contributed by atoms with van der Waals surface area (Å²) in [5, 5.41) is 0. The van der Waals surface area contributed by atoms with Crippen molar-refractivity contribution in [1.82, 2.24) is 9.97 Å². The number of rotatable bonds is 1. The maximum absolute atomic E-state index is 11.2. The summed E-state index contributed by atoms with van der Waals surface area (Å²) in [7, 11) is 0. The lowest BCUT2D eigenvalue weighted by Crippen LogP contribution is -2.00. The number of fused-ring (bicyclic) bond motifs is 1. The first-order chi connectivity index (χ1) is 7.00. The number of aromatic amines is 2. The second-order valence-electron chi connectivity index (χ2n) is 4.39. The molecule has 0 aliphatic rings. The van der Waals surface area contributed by atoms with Crippen molar-refractivity contribution in [2.24, 2.45) is 0 Å². The predicted octanol–water partition coefficient (Wildman–Crippen LogP) is 2.60. The minimum atomic E-state index is -0.131. The second-order valence-corrected chi connectivity index (χ2v) is 4.39. The summed E-state index contributed by atoms with van der Waals surface area (Å²) in [6.07, 6.45) is 0. The summed E-state index contributed by atoms with van der Waals surface area (Å²) in [4.78, 5) is 16.9. The Morgan fingerprint density at radius 1 is 1.20 bits per heavy atom. The molecule has 2 rings (SSSR count). The highest BCUT2D eigenvalue weighted by Crippen LogP contribution is 2.27. The van der Waals surface area contributed by atoms with Crippen LogP contribution < -0.4 is 5.69 Å². The minimum Gasteiger partial charge on any atom is -0.306 e. The molecule has 3 heteroatoms. The quantitative estimate of drug-likeness (QED) is 0.737. The Morgan fingerprint density at radius 3 is 2.47 bits per heavy atom. The molecule has 80 valence electrons. The van der Waals surface area contributed by atoms with Crippen molar-refractivity contribution < 1.29 is 0 Å². The lowest BCUT2D eigenvalue weighted by Gasteiger charge is -2.13. The maximum atomic E-state index is 11.2. The Hall–Kier alpha value is -1.51. The van der Waals surface area contributed by atoms with Crippen molar-refractivity contribution >= 4 is 11.0 Å². The molecule has 1 aromatic carbocycles. The highest BCUT2D eigenvalue weighted by atomic mass is 16.1. The normalized spacial score (nSPS) is 11.5. The van der Waals surface area contributed by atoms with Gasteiger partial charge in [0.25, 0.3) is 0 Å². The minimum absolute atomic E-state index is 0.131. The van der Waals surface area contributed by atoms with Gasteiger partial charge in [-0.05, 0) is 42.5 Å². The van der Waals surface area contributed by atoms with Crippen molar-refractivity contribution in [3.8, 4) is 0 Å². The van der Waals surface area contributed by atoms with Crippen molar-refractivity contribution in [1.29, 1.82) is 0 Å². The van der Waals surface area contributed by atoms with Gasteiger partial charge in [0.05, 0.1) is 11.0 Å². The van der Waals surface area contributed by atoms with Crippen LogP contribution in [0, 0.1) is 13.8 Å². The van der Waals surface area contributed by atoms with Crippen LogP contribution in [0.5, 0.6) is 0 Å². The molecule has 0 atom stereocenters. The van der Waals surface area contributed by atoms with Crippen LogP contribution in [0.1, 0.15) is 36.5 Å². The molecule has 0 spiro atoms. The number of nitrogens with one attached hydrogen (secondary N) is 2. The number of benzene rings is 1. The molecule has 2 N–H and O–H groups in total. The molecule has 0 saturated heterocycles. The first-order valence-electron chi connectivity index (χ1n) is 5.22. The van der Waals surface area contributed by atoms with Crippen molar-refractivity contribution in [2.75, 3.05) is 0 Å². The molecule has 0 bridgehead atoms. The zero-order valence-electron chi connectivity index (χ0n) is 9.56. The van der Waals surface area contributed by atoms with Crippen molar-refractivity contribution in [3.63, 3.8) is 0 Å². The number of hydrogen-bond donors (Lipinski definition) is 2. The average molecular weight is 204 g/mol. The highest BCUT2D eigenvalue weighted by Gasteiger charge is 2.12. The molecule has 15 heavy (non-hydrogen) atoms. The average Bonchev–Trinajstić information content (AvgIpc) is 2.45. The first kappa shape index (κ1) is 10.0. The fourth-order valence-electron chi connectivity index (χ4n) is 2.41. The Bertz CT molecular complexity index is 561. The van der Waals surface area contributed by atoms with Crippen LogP contribution in [0.15, 0.2) is 10.9 Å². The second kappa shape index (κ2) is 3.26. The van der Waals surface area contributed by atoms with Crippen LogP contribution in [-0.4, -0.2) is 9.97 Å². The van der Waals surface area contributed by atoms with E-state index in [1.807, 2.05) is 6.07 Å². The monoisotopic (exact) mass is 204 g/mol. The molecule has 2 aromatic rings. The molecule has 0 unspecified atom stereocenters.